The van der Waals surface area contributed by atoms with Crippen molar-refractivity contribution in [1.29, 1.82) is 0 Å². The zero-order chi connectivity index (χ0) is 12.0. The maximum Gasteiger partial charge on any atom is 0.223 e. The number of hydrogen-bond donors (Lipinski definition) is 2. The molecule has 90 valence electrons. The minimum absolute atomic E-state index is 0.0613. The van der Waals surface area contributed by atoms with Crippen LogP contribution in [0.1, 0.15) is 41.0 Å². The zero-order valence-electron chi connectivity index (χ0n) is 10.7. The van der Waals surface area contributed by atoms with Crippen molar-refractivity contribution in [1.82, 2.24) is 5.32 Å². The Morgan fingerprint density at radius 3 is 2.07 bits per heavy atom. The van der Waals surface area contributed by atoms with Crippen LogP contribution in [0.4, 0.5) is 0 Å². The fourth-order valence-corrected chi connectivity index (χ4v) is 1.42. The van der Waals surface area contributed by atoms with Crippen molar-refractivity contribution in [2.75, 3.05) is 6.54 Å². The first-order chi connectivity index (χ1) is 6.88. The van der Waals surface area contributed by atoms with E-state index in [1.54, 1.807) is 0 Å². The molecule has 0 spiro atoms. The Hall–Kier alpha value is -0.570. The highest BCUT2D eigenvalue weighted by Gasteiger charge is 2.19. The van der Waals surface area contributed by atoms with Gasteiger partial charge in [0, 0.05) is 18.5 Å². The minimum Gasteiger partial charge on any atom is -0.352 e. The molecule has 15 heavy (non-hydrogen) atoms. The quantitative estimate of drug-likeness (QED) is 0.708. The molecule has 3 nitrogen and oxygen atoms in total. The van der Waals surface area contributed by atoms with Crippen molar-refractivity contribution >= 4 is 5.91 Å². The van der Waals surface area contributed by atoms with Crippen LogP contribution in [0, 0.1) is 17.8 Å². The van der Waals surface area contributed by atoms with Crippen LogP contribution in [0.5, 0.6) is 0 Å². The van der Waals surface area contributed by atoms with Crippen LogP contribution in [0.2, 0.25) is 0 Å². The Kier molecular flexibility index (Phi) is 6.57. The molecule has 0 heterocycles. The minimum atomic E-state index is 0.0613. The summed E-state index contributed by atoms with van der Waals surface area (Å²) in [6.45, 7) is 10.9. The summed E-state index contributed by atoms with van der Waals surface area (Å²) in [6, 6.07) is 0.124. The van der Waals surface area contributed by atoms with E-state index in [4.69, 9.17) is 5.73 Å². The molecule has 0 aliphatic carbocycles. The van der Waals surface area contributed by atoms with Crippen LogP contribution in [-0.4, -0.2) is 18.5 Å². The van der Waals surface area contributed by atoms with Gasteiger partial charge in [-0.25, -0.2) is 0 Å². The summed E-state index contributed by atoms with van der Waals surface area (Å²) in [5, 5.41) is 3.02. The molecule has 2 unspecified atom stereocenters. The highest BCUT2D eigenvalue weighted by molar-refractivity contribution is 5.78. The van der Waals surface area contributed by atoms with Gasteiger partial charge in [0.2, 0.25) is 5.91 Å². The van der Waals surface area contributed by atoms with Crippen LogP contribution in [0.3, 0.4) is 0 Å². The first-order valence-electron chi connectivity index (χ1n) is 5.88. The third-order valence-corrected chi connectivity index (χ3v) is 2.80. The Morgan fingerprint density at radius 1 is 1.20 bits per heavy atom. The summed E-state index contributed by atoms with van der Waals surface area (Å²) in [4.78, 5) is 11.8. The number of carbonyl (C=O) groups is 1. The van der Waals surface area contributed by atoms with Crippen LogP contribution in [0.25, 0.3) is 0 Å². The van der Waals surface area contributed by atoms with Gasteiger partial charge in [0.05, 0.1) is 0 Å². The van der Waals surface area contributed by atoms with Crippen LogP contribution in [0.15, 0.2) is 0 Å². The lowest BCUT2D eigenvalue weighted by Crippen LogP contribution is -2.44. The molecular weight excluding hydrogens is 188 g/mol. The number of hydrogen-bond acceptors (Lipinski definition) is 2. The molecule has 0 aromatic rings. The van der Waals surface area contributed by atoms with Gasteiger partial charge in [-0.3, -0.25) is 4.79 Å². The molecule has 3 N–H and O–H groups in total. The van der Waals surface area contributed by atoms with Crippen molar-refractivity contribution in [3.63, 3.8) is 0 Å². The summed E-state index contributed by atoms with van der Waals surface area (Å²) in [5.74, 6) is 1.13. The summed E-state index contributed by atoms with van der Waals surface area (Å²) in [6.07, 6.45) is 0.951. The first-order valence-corrected chi connectivity index (χ1v) is 5.88. The van der Waals surface area contributed by atoms with Crippen LogP contribution >= 0.6 is 0 Å². The van der Waals surface area contributed by atoms with Gasteiger partial charge in [-0.1, -0.05) is 34.6 Å². The SMILES string of the molecule is CC(C)CC(CN)NC(=O)C(C)C(C)C. The number of nitrogens with one attached hydrogen (secondary N) is 1. The van der Waals surface area contributed by atoms with Gasteiger partial charge in [-0.15, -0.1) is 0 Å². The summed E-state index contributed by atoms with van der Waals surface area (Å²) >= 11 is 0. The van der Waals surface area contributed by atoms with E-state index in [1.165, 1.54) is 0 Å². The lowest BCUT2D eigenvalue weighted by molar-refractivity contribution is -0.126. The van der Waals surface area contributed by atoms with E-state index in [1.807, 2.05) is 6.92 Å². The number of nitrogens with two attached hydrogens (primary N) is 1. The van der Waals surface area contributed by atoms with Gasteiger partial charge in [0.25, 0.3) is 0 Å². The normalized spacial score (nSPS) is 15.5. The van der Waals surface area contributed by atoms with Crippen LogP contribution < -0.4 is 11.1 Å². The smallest absolute Gasteiger partial charge is 0.223 e. The molecule has 3 heteroatoms. The van der Waals surface area contributed by atoms with Gasteiger partial charge in [0.1, 0.15) is 0 Å². The molecule has 0 aliphatic heterocycles. The molecule has 2 atom stereocenters. The predicted octanol–water partition coefficient (Wildman–Crippen LogP) is 1.77. The van der Waals surface area contributed by atoms with Crippen molar-refractivity contribution in [3.8, 4) is 0 Å². The molecule has 0 rings (SSSR count). The average Bonchev–Trinajstić information content (AvgIpc) is 2.14. The summed E-state index contributed by atoms with van der Waals surface area (Å²) < 4.78 is 0. The van der Waals surface area contributed by atoms with E-state index in [0.29, 0.717) is 18.4 Å². The van der Waals surface area contributed by atoms with E-state index < -0.39 is 0 Å². The maximum absolute atomic E-state index is 11.8. The fourth-order valence-electron chi connectivity index (χ4n) is 1.42. The van der Waals surface area contributed by atoms with Crippen molar-refractivity contribution in [2.45, 2.75) is 47.1 Å². The van der Waals surface area contributed by atoms with E-state index in [0.717, 1.165) is 6.42 Å². The zero-order valence-corrected chi connectivity index (χ0v) is 10.7. The number of amides is 1. The monoisotopic (exact) mass is 214 g/mol. The Labute approximate surface area is 93.8 Å². The van der Waals surface area contributed by atoms with Gasteiger partial charge in [-0.05, 0) is 18.3 Å². The fraction of sp³-hybridized carbons (Fsp3) is 0.917. The second-order valence-corrected chi connectivity index (χ2v) is 5.10. The van der Waals surface area contributed by atoms with Gasteiger partial charge >= 0.3 is 0 Å². The molecule has 0 saturated carbocycles. The Balaban J connectivity index is 4.12. The summed E-state index contributed by atoms with van der Waals surface area (Å²) in [7, 11) is 0. The first kappa shape index (κ1) is 14.4. The Bertz CT molecular complexity index is 190. The molecule has 1 amide bonds. The van der Waals surface area contributed by atoms with Crippen LogP contribution in [-0.2, 0) is 4.79 Å². The molecule has 0 aliphatic rings. The summed E-state index contributed by atoms with van der Waals surface area (Å²) in [5.41, 5.74) is 5.63. The molecule has 0 aromatic heterocycles. The lowest BCUT2D eigenvalue weighted by Gasteiger charge is -2.22. The number of carbonyl (C=O) groups excluding carboxylic acids is 1. The highest BCUT2D eigenvalue weighted by Crippen LogP contribution is 2.11. The predicted molar refractivity (Wildman–Crippen MR) is 64.4 cm³/mol. The van der Waals surface area contributed by atoms with Gasteiger partial charge < -0.3 is 11.1 Å². The third-order valence-electron chi connectivity index (χ3n) is 2.80. The Morgan fingerprint density at radius 2 is 1.73 bits per heavy atom. The van der Waals surface area contributed by atoms with Gasteiger partial charge in [0.15, 0.2) is 0 Å². The van der Waals surface area contributed by atoms with E-state index in [2.05, 4.69) is 33.0 Å². The largest absolute Gasteiger partial charge is 0.352 e. The van der Waals surface area contributed by atoms with E-state index in [9.17, 15) is 4.79 Å². The van der Waals surface area contributed by atoms with Crippen molar-refractivity contribution < 1.29 is 4.79 Å². The maximum atomic E-state index is 11.8. The molecule has 0 saturated heterocycles. The highest BCUT2D eigenvalue weighted by atomic mass is 16.1. The number of rotatable bonds is 6. The molecule has 0 radical (unpaired) electrons. The standard InChI is InChI=1S/C12H26N2O/c1-8(2)6-11(7-13)14-12(15)10(5)9(3)4/h8-11H,6-7,13H2,1-5H3,(H,14,15). The van der Waals surface area contributed by atoms with Crippen molar-refractivity contribution in [3.05, 3.63) is 0 Å². The third kappa shape index (κ3) is 5.78. The average molecular weight is 214 g/mol. The van der Waals surface area contributed by atoms with E-state index >= 15 is 0 Å². The molecule has 0 fully saturated rings. The topological polar surface area (TPSA) is 55.1 Å². The molecular formula is C12H26N2O. The van der Waals surface area contributed by atoms with E-state index in [-0.39, 0.29) is 17.9 Å². The second-order valence-electron chi connectivity index (χ2n) is 5.10. The molecule has 0 aromatic carbocycles. The lowest BCUT2D eigenvalue weighted by atomic mass is 9.96. The van der Waals surface area contributed by atoms with Gasteiger partial charge in [-0.2, -0.15) is 0 Å². The molecule has 0 bridgehead atoms. The van der Waals surface area contributed by atoms with Crippen molar-refractivity contribution in [2.24, 2.45) is 23.5 Å². The second kappa shape index (κ2) is 6.83.